The molecule has 0 saturated heterocycles. The van der Waals surface area contributed by atoms with Crippen molar-refractivity contribution in [1.29, 1.82) is 0 Å². The molecule has 1 aliphatic heterocycles. The van der Waals surface area contributed by atoms with Gasteiger partial charge in [-0.25, -0.2) is 0 Å². The Morgan fingerprint density at radius 1 is 0.400 bits per heavy atom. The van der Waals surface area contributed by atoms with Crippen LogP contribution in [0.5, 0.6) is 0 Å². The van der Waals surface area contributed by atoms with Gasteiger partial charge in [-0.15, -0.1) is 0 Å². The number of fused-ring (bicyclic) bond motifs is 5. The van der Waals surface area contributed by atoms with Crippen molar-refractivity contribution in [3.63, 3.8) is 0 Å². The van der Waals surface area contributed by atoms with Gasteiger partial charge >= 0.3 is 0 Å². The monoisotopic (exact) mass is 636 g/mol. The van der Waals surface area contributed by atoms with Gasteiger partial charge in [0, 0.05) is 29.4 Å². The van der Waals surface area contributed by atoms with Crippen molar-refractivity contribution in [3.05, 3.63) is 187 Å². The molecule has 50 heavy (non-hydrogen) atoms. The highest BCUT2D eigenvalue weighted by molar-refractivity contribution is 6.22. The Labute approximate surface area is 290 Å². The van der Waals surface area contributed by atoms with Gasteiger partial charge in [-0.2, -0.15) is 0 Å². The zero-order valence-electron chi connectivity index (χ0n) is 27.4. The van der Waals surface area contributed by atoms with Gasteiger partial charge in [-0.1, -0.05) is 133 Å². The van der Waals surface area contributed by atoms with Crippen LogP contribution >= 0.6 is 0 Å². The third kappa shape index (κ3) is 4.76. The highest BCUT2D eigenvalue weighted by atomic mass is 14.9. The van der Waals surface area contributed by atoms with E-state index in [9.17, 15) is 0 Å². The Bertz CT molecular complexity index is 2880. The Balaban J connectivity index is 1.19. The average Bonchev–Trinajstić information content (AvgIpc) is 3.19. The lowest BCUT2D eigenvalue weighted by Crippen LogP contribution is -2.18. The first kappa shape index (κ1) is 28.5. The fraction of sp³-hybridized carbons (Fsp3) is 0.0208. The summed E-state index contributed by atoms with van der Waals surface area (Å²) in [5.41, 5.74) is 10.7. The quantitative estimate of drug-likeness (QED) is 0.194. The van der Waals surface area contributed by atoms with Crippen LogP contribution in [0.4, 0.5) is 0 Å². The van der Waals surface area contributed by atoms with Crippen molar-refractivity contribution < 1.29 is 0 Å². The van der Waals surface area contributed by atoms with Crippen LogP contribution in [0.1, 0.15) is 11.1 Å². The topological polar surface area (TPSA) is 24.9 Å². The van der Waals surface area contributed by atoms with Gasteiger partial charge < -0.3 is 5.32 Å². The summed E-state index contributed by atoms with van der Waals surface area (Å²) in [5.74, 6) is 0. The molecule has 0 saturated carbocycles. The lowest BCUT2D eigenvalue weighted by molar-refractivity contribution is 1.01. The highest BCUT2D eigenvalue weighted by Crippen LogP contribution is 2.45. The van der Waals surface area contributed by atoms with E-state index in [2.05, 4.69) is 169 Å². The molecule has 2 heterocycles. The number of allylic oxidation sites excluding steroid dienone is 2. The fourth-order valence-electron chi connectivity index (χ4n) is 7.80. The Morgan fingerprint density at radius 3 is 1.60 bits per heavy atom. The Morgan fingerprint density at radius 2 is 0.940 bits per heavy atom. The van der Waals surface area contributed by atoms with E-state index < -0.39 is 0 Å². The summed E-state index contributed by atoms with van der Waals surface area (Å²) in [5, 5.41) is 14.9. The number of hydrogen-bond donors (Lipinski definition) is 1. The maximum atomic E-state index is 4.70. The summed E-state index contributed by atoms with van der Waals surface area (Å²) >= 11 is 0. The third-order valence-corrected chi connectivity index (χ3v) is 10.3. The number of pyridine rings is 1. The van der Waals surface area contributed by atoms with Crippen LogP contribution < -0.4 is 5.32 Å². The number of benzene rings is 8. The first-order valence-corrected chi connectivity index (χ1v) is 17.2. The van der Waals surface area contributed by atoms with Gasteiger partial charge in [0.25, 0.3) is 0 Å². The molecule has 0 radical (unpaired) electrons. The number of nitrogens with zero attached hydrogens (tertiary/aromatic N) is 1. The molecule has 0 atom stereocenters. The van der Waals surface area contributed by atoms with Gasteiger partial charge in [0.1, 0.15) is 0 Å². The maximum Gasteiger partial charge on any atom is 0.0702 e. The van der Waals surface area contributed by atoms with Crippen molar-refractivity contribution in [3.8, 4) is 22.3 Å². The maximum absolute atomic E-state index is 4.70. The summed E-state index contributed by atoms with van der Waals surface area (Å²) in [4.78, 5) is 4.70. The lowest BCUT2D eigenvalue weighted by Gasteiger charge is -2.21. The minimum Gasteiger partial charge on any atom is -0.380 e. The van der Waals surface area contributed by atoms with Crippen LogP contribution in [0, 0.1) is 0 Å². The van der Waals surface area contributed by atoms with Gasteiger partial charge in [-0.3, -0.25) is 4.98 Å². The third-order valence-electron chi connectivity index (χ3n) is 10.3. The molecule has 0 aliphatic carbocycles. The van der Waals surface area contributed by atoms with Crippen LogP contribution in [-0.4, -0.2) is 11.5 Å². The zero-order valence-corrected chi connectivity index (χ0v) is 27.4. The number of nitrogens with one attached hydrogen (secondary N) is 1. The molecule has 1 N–H and O–H groups in total. The van der Waals surface area contributed by atoms with Gasteiger partial charge in [0.05, 0.1) is 5.52 Å². The molecule has 0 unspecified atom stereocenters. The summed E-state index contributed by atoms with van der Waals surface area (Å²) in [6.07, 6.45) is 6.43. The second-order valence-corrected chi connectivity index (χ2v) is 13.2. The zero-order chi connectivity index (χ0) is 33.0. The minimum absolute atomic E-state index is 0.737. The minimum atomic E-state index is 0.737. The molecule has 234 valence electrons. The predicted molar refractivity (Wildman–Crippen MR) is 213 cm³/mol. The lowest BCUT2D eigenvalue weighted by atomic mass is 9.84. The average molecular weight is 637 g/mol. The molecule has 8 aromatic carbocycles. The molecule has 1 aliphatic rings. The number of dihydropyridines is 1. The van der Waals surface area contributed by atoms with Gasteiger partial charge in [-0.05, 0) is 113 Å². The number of para-hydroxylation sites is 1. The SMILES string of the molecule is C1=C(c2ccc3c(-c4ccc5ccccc5c4)c4ccccc4c(-c4ccc5ccccc5c4)c3c2)CNC(c2cnc3ccccc3c2)=C1. The van der Waals surface area contributed by atoms with Crippen molar-refractivity contribution in [2.45, 2.75) is 0 Å². The number of aromatic nitrogens is 1. The van der Waals surface area contributed by atoms with E-state index in [0.29, 0.717) is 0 Å². The van der Waals surface area contributed by atoms with E-state index >= 15 is 0 Å². The fourth-order valence-corrected chi connectivity index (χ4v) is 7.80. The first-order chi connectivity index (χ1) is 24.8. The molecule has 2 heteroatoms. The van der Waals surface area contributed by atoms with E-state index in [1.165, 1.54) is 76.5 Å². The van der Waals surface area contributed by atoms with Crippen molar-refractivity contribution in [1.82, 2.24) is 10.3 Å². The van der Waals surface area contributed by atoms with E-state index in [-0.39, 0.29) is 0 Å². The summed E-state index contributed by atoms with van der Waals surface area (Å²) in [6, 6.07) is 57.6. The Kier molecular flexibility index (Phi) is 6.60. The smallest absolute Gasteiger partial charge is 0.0702 e. The molecule has 2 nitrogen and oxygen atoms in total. The van der Waals surface area contributed by atoms with Crippen LogP contribution in [-0.2, 0) is 0 Å². The van der Waals surface area contributed by atoms with Crippen molar-refractivity contribution >= 4 is 65.3 Å². The summed E-state index contributed by atoms with van der Waals surface area (Å²) in [6.45, 7) is 0.737. The molecule has 10 rings (SSSR count). The van der Waals surface area contributed by atoms with Crippen LogP contribution in [0.25, 0.3) is 87.5 Å². The normalized spacial score (nSPS) is 13.1. The first-order valence-electron chi connectivity index (χ1n) is 17.2. The van der Waals surface area contributed by atoms with Gasteiger partial charge in [0.2, 0.25) is 0 Å². The van der Waals surface area contributed by atoms with Crippen LogP contribution in [0.2, 0.25) is 0 Å². The number of hydrogen-bond acceptors (Lipinski definition) is 2. The molecule has 0 fully saturated rings. The second kappa shape index (κ2) is 11.6. The highest BCUT2D eigenvalue weighted by Gasteiger charge is 2.19. The van der Waals surface area contributed by atoms with Crippen molar-refractivity contribution in [2.75, 3.05) is 6.54 Å². The second-order valence-electron chi connectivity index (χ2n) is 13.2. The van der Waals surface area contributed by atoms with Crippen LogP contribution in [0.3, 0.4) is 0 Å². The molecule has 0 bridgehead atoms. The van der Waals surface area contributed by atoms with E-state index in [1.54, 1.807) is 0 Å². The van der Waals surface area contributed by atoms with E-state index in [1.807, 2.05) is 12.3 Å². The summed E-state index contributed by atoms with van der Waals surface area (Å²) in [7, 11) is 0. The standard InChI is InChI=1S/C48H32N2/c1-3-11-33-25-37(19-17-31(33)9-1)47-41-14-6-7-15-42(41)48(38-20-18-32-10-2-4-12-34(32)26-38)44-28-35(21-23-43(44)47)39-22-24-46(49-29-39)40-27-36-13-5-8-16-45(36)50-30-40/h1-28,30,49H,29H2. The van der Waals surface area contributed by atoms with E-state index in [4.69, 9.17) is 4.98 Å². The van der Waals surface area contributed by atoms with Crippen molar-refractivity contribution in [2.24, 2.45) is 0 Å². The molecule has 0 amide bonds. The molecule has 1 aromatic heterocycles. The van der Waals surface area contributed by atoms with Crippen LogP contribution in [0.15, 0.2) is 176 Å². The van der Waals surface area contributed by atoms with E-state index in [0.717, 1.165) is 28.7 Å². The summed E-state index contributed by atoms with van der Waals surface area (Å²) < 4.78 is 0. The largest absolute Gasteiger partial charge is 0.380 e. The molecular formula is C48H32N2. The molecular weight excluding hydrogens is 605 g/mol. The Hall–Kier alpha value is -6.51. The predicted octanol–water partition coefficient (Wildman–Crippen LogP) is 12.2. The van der Waals surface area contributed by atoms with Gasteiger partial charge in [0.15, 0.2) is 0 Å². The number of rotatable bonds is 4. The molecule has 9 aromatic rings. The molecule has 0 spiro atoms.